The molecule has 0 spiro atoms. The van der Waals surface area contributed by atoms with Crippen molar-refractivity contribution in [3.63, 3.8) is 0 Å². The summed E-state index contributed by atoms with van der Waals surface area (Å²) in [6.07, 6.45) is -1.28. The molecule has 0 aliphatic rings. The molecule has 1 aromatic rings. The molecule has 0 bridgehead atoms. The number of ether oxygens (including phenoxy) is 2. The molecular weight excluding hydrogens is 263 g/mol. The third-order valence-electron chi connectivity index (χ3n) is 1.90. The molecule has 0 atom stereocenters. The molecule has 8 heteroatoms. The molecular formula is C10H7F5O3. The Morgan fingerprint density at radius 1 is 0.889 bits per heavy atom. The second-order valence-corrected chi connectivity index (χ2v) is 3.02. The van der Waals surface area contributed by atoms with Crippen LogP contribution in [0.2, 0.25) is 0 Å². The summed E-state index contributed by atoms with van der Waals surface area (Å²) >= 11 is 0. The zero-order chi connectivity index (χ0) is 13.9. The van der Waals surface area contributed by atoms with Crippen LogP contribution in [-0.4, -0.2) is 12.8 Å². The first-order valence-electron chi connectivity index (χ1n) is 4.70. The van der Waals surface area contributed by atoms with E-state index in [1.54, 1.807) is 0 Å². The summed E-state index contributed by atoms with van der Waals surface area (Å²) in [5.41, 5.74) is -1.24. The molecule has 3 nitrogen and oxygen atoms in total. The normalized spacial score (nSPS) is 10.3. The minimum atomic E-state index is -2.27. The summed E-state index contributed by atoms with van der Waals surface area (Å²) in [6.45, 7) is 0.264. The molecule has 0 aromatic heterocycles. The lowest BCUT2D eigenvalue weighted by molar-refractivity contribution is 0.0517. The van der Waals surface area contributed by atoms with Crippen LogP contribution in [0.3, 0.4) is 0 Å². The Balaban J connectivity index is 2.99. The minimum absolute atomic E-state index is 0.0596. The Bertz CT molecular complexity index is 446. The van der Waals surface area contributed by atoms with Gasteiger partial charge in [0.2, 0.25) is 5.82 Å². The van der Waals surface area contributed by atoms with Crippen LogP contribution in [0.5, 0.6) is 0 Å². The maximum atomic E-state index is 13.1. The van der Waals surface area contributed by atoms with E-state index in [0.29, 0.717) is 0 Å². The summed E-state index contributed by atoms with van der Waals surface area (Å²) in [6, 6.07) is 0. The molecule has 0 aliphatic carbocycles. The standard InChI is InChI=1S/C10H7F5O3/c1-2-17-10(16)18-3-4-5(11)7(13)9(15)8(14)6(4)12/h2-3H2,1H3. The van der Waals surface area contributed by atoms with Crippen LogP contribution in [0.1, 0.15) is 12.5 Å². The maximum absolute atomic E-state index is 13.1. The van der Waals surface area contributed by atoms with Crippen LogP contribution in [0.25, 0.3) is 0 Å². The van der Waals surface area contributed by atoms with Gasteiger partial charge in [-0.1, -0.05) is 0 Å². The first kappa shape index (κ1) is 14.2. The Morgan fingerprint density at radius 2 is 1.33 bits per heavy atom. The van der Waals surface area contributed by atoms with Gasteiger partial charge in [0.1, 0.15) is 6.61 Å². The van der Waals surface area contributed by atoms with Gasteiger partial charge in [0.25, 0.3) is 0 Å². The Kier molecular flexibility index (Phi) is 4.46. The first-order chi connectivity index (χ1) is 8.40. The topological polar surface area (TPSA) is 35.5 Å². The minimum Gasteiger partial charge on any atom is -0.435 e. The van der Waals surface area contributed by atoms with E-state index < -0.39 is 47.4 Å². The van der Waals surface area contributed by atoms with Crippen molar-refractivity contribution in [2.45, 2.75) is 13.5 Å². The quantitative estimate of drug-likeness (QED) is 0.366. The third-order valence-corrected chi connectivity index (χ3v) is 1.90. The van der Waals surface area contributed by atoms with Crippen molar-refractivity contribution in [1.29, 1.82) is 0 Å². The number of rotatable bonds is 3. The van der Waals surface area contributed by atoms with Crippen molar-refractivity contribution in [2.24, 2.45) is 0 Å². The number of hydrogen-bond acceptors (Lipinski definition) is 3. The number of hydrogen-bond donors (Lipinski definition) is 0. The van der Waals surface area contributed by atoms with Crippen LogP contribution in [-0.2, 0) is 16.1 Å². The van der Waals surface area contributed by atoms with E-state index in [9.17, 15) is 26.7 Å². The summed E-state index contributed by atoms with van der Waals surface area (Å²) in [7, 11) is 0. The molecule has 0 saturated heterocycles. The van der Waals surface area contributed by atoms with Crippen molar-refractivity contribution in [3.05, 3.63) is 34.6 Å². The molecule has 1 aromatic carbocycles. The molecule has 0 aliphatic heterocycles. The maximum Gasteiger partial charge on any atom is 0.508 e. The highest BCUT2D eigenvalue weighted by atomic mass is 19.2. The summed E-state index contributed by atoms with van der Waals surface area (Å²) in [5.74, 6) is -10.6. The second-order valence-electron chi connectivity index (χ2n) is 3.02. The largest absolute Gasteiger partial charge is 0.508 e. The molecule has 18 heavy (non-hydrogen) atoms. The highest BCUT2D eigenvalue weighted by Gasteiger charge is 2.26. The van der Waals surface area contributed by atoms with Crippen molar-refractivity contribution in [2.75, 3.05) is 6.61 Å². The fraction of sp³-hybridized carbons (Fsp3) is 0.300. The SMILES string of the molecule is CCOC(=O)OCc1c(F)c(F)c(F)c(F)c1F. The van der Waals surface area contributed by atoms with E-state index in [2.05, 4.69) is 9.47 Å². The number of carbonyl (C=O) groups excluding carboxylic acids is 1. The molecule has 0 radical (unpaired) electrons. The van der Waals surface area contributed by atoms with Gasteiger partial charge in [0.05, 0.1) is 12.2 Å². The van der Waals surface area contributed by atoms with Crippen LogP contribution in [0, 0.1) is 29.1 Å². The smallest absolute Gasteiger partial charge is 0.435 e. The summed E-state index contributed by atoms with van der Waals surface area (Å²) in [5, 5.41) is 0. The van der Waals surface area contributed by atoms with Crippen LogP contribution < -0.4 is 0 Å². The van der Waals surface area contributed by atoms with Gasteiger partial charge in [-0.3, -0.25) is 0 Å². The lowest BCUT2D eigenvalue weighted by Crippen LogP contribution is -2.12. The molecule has 0 heterocycles. The second kappa shape index (κ2) is 5.65. The van der Waals surface area contributed by atoms with E-state index in [-0.39, 0.29) is 6.61 Å². The summed E-state index contributed by atoms with van der Waals surface area (Å²) < 4.78 is 72.8. The van der Waals surface area contributed by atoms with Crippen LogP contribution in [0.4, 0.5) is 26.7 Å². The Hall–Kier alpha value is -1.86. The average molecular weight is 270 g/mol. The van der Waals surface area contributed by atoms with E-state index >= 15 is 0 Å². The lowest BCUT2D eigenvalue weighted by Gasteiger charge is -2.08. The average Bonchev–Trinajstić information content (AvgIpc) is 2.34. The molecule has 1 rings (SSSR count). The van der Waals surface area contributed by atoms with Crippen molar-refractivity contribution in [3.8, 4) is 0 Å². The zero-order valence-corrected chi connectivity index (χ0v) is 9.03. The molecule has 0 fully saturated rings. The number of carbonyl (C=O) groups is 1. The van der Waals surface area contributed by atoms with Gasteiger partial charge in [0, 0.05) is 0 Å². The van der Waals surface area contributed by atoms with Gasteiger partial charge in [-0.15, -0.1) is 0 Å². The fourth-order valence-electron chi connectivity index (χ4n) is 1.07. The molecule has 0 unspecified atom stereocenters. The predicted octanol–water partition coefficient (Wildman–Crippen LogP) is 3.06. The van der Waals surface area contributed by atoms with Gasteiger partial charge < -0.3 is 9.47 Å². The number of benzene rings is 1. The first-order valence-corrected chi connectivity index (χ1v) is 4.70. The lowest BCUT2D eigenvalue weighted by atomic mass is 10.2. The highest BCUT2D eigenvalue weighted by Crippen LogP contribution is 2.23. The van der Waals surface area contributed by atoms with Gasteiger partial charge in [-0.25, -0.2) is 26.7 Å². The molecule has 0 amide bonds. The van der Waals surface area contributed by atoms with E-state index in [0.717, 1.165) is 0 Å². The van der Waals surface area contributed by atoms with E-state index in [4.69, 9.17) is 0 Å². The van der Waals surface area contributed by atoms with E-state index in [1.807, 2.05) is 0 Å². The predicted molar refractivity (Wildman–Crippen MR) is 48.0 cm³/mol. The summed E-state index contributed by atoms with van der Waals surface area (Å²) in [4.78, 5) is 10.7. The van der Waals surface area contributed by atoms with E-state index in [1.165, 1.54) is 6.92 Å². The Labute approximate surface area is 98.1 Å². The molecule has 100 valence electrons. The van der Waals surface area contributed by atoms with Crippen LogP contribution >= 0.6 is 0 Å². The van der Waals surface area contributed by atoms with Crippen LogP contribution in [0.15, 0.2) is 0 Å². The van der Waals surface area contributed by atoms with Crippen molar-refractivity contribution < 1.29 is 36.2 Å². The highest BCUT2D eigenvalue weighted by molar-refractivity contribution is 5.59. The third kappa shape index (κ3) is 2.69. The van der Waals surface area contributed by atoms with Gasteiger partial charge in [-0.2, -0.15) is 0 Å². The monoisotopic (exact) mass is 270 g/mol. The number of halogens is 5. The van der Waals surface area contributed by atoms with Gasteiger partial charge >= 0.3 is 6.16 Å². The zero-order valence-electron chi connectivity index (χ0n) is 9.03. The van der Waals surface area contributed by atoms with Crippen molar-refractivity contribution >= 4 is 6.16 Å². The van der Waals surface area contributed by atoms with Gasteiger partial charge in [-0.05, 0) is 6.92 Å². The Morgan fingerprint density at radius 3 is 1.78 bits per heavy atom. The van der Waals surface area contributed by atoms with Crippen molar-refractivity contribution in [1.82, 2.24) is 0 Å². The molecule has 0 saturated carbocycles. The molecule has 0 N–H and O–H groups in total. The van der Waals surface area contributed by atoms with Gasteiger partial charge in [0.15, 0.2) is 23.3 Å². The fourth-order valence-corrected chi connectivity index (χ4v) is 1.07.